The van der Waals surface area contributed by atoms with Crippen LogP contribution in [0.15, 0.2) is 22.7 Å². The molecule has 3 heteroatoms. The normalized spacial score (nSPS) is 16.4. The van der Waals surface area contributed by atoms with Crippen molar-refractivity contribution in [2.24, 2.45) is 5.92 Å². The Morgan fingerprint density at radius 2 is 2.00 bits per heavy atom. The Morgan fingerprint density at radius 3 is 2.63 bits per heavy atom. The van der Waals surface area contributed by atoms with Crippen LogP contribution in [0.2, 0.25) is 0 Å². The molecule has 0 N–H and O–H groups in total. The molecule has 0 saturated heterocycles. The summed E-state index contributed by atoms with van der Waals surface area (Å²) in [5.74, 6) is 0.911. The van der Waals surface area contributed by atoms with Gasteiger partial charge in [-0.25, -0.2) is 0 Å². The van der Waals surface area contributed by atoms with E-state index in [1.807, 2.05) is 18.2 Å². The highest BCUT2D eigenvalue weighted by molar-refractivity contribution is 9.10. The quantitative estimate of drug-likeness (QED) is 0.750. The van der Waals surface area contributed by atoms with Crippen LogP contribution in [0.5, 0.6) is 0 Å². The molecule has 2 rings (SSSR count). The molecule has 0 aliphatic heterocycles. The molecule has 0 bridgehead atoms. The molecule has 0 aromatic heterocycles. The van der Waals surface area contributed by atoms with Crippen LogP contribution < -0.4 is 4.90 Å². The fourth-order valence-electron chi connectivity index (χ4n) is 2.98. The van der Waals surface area contributed by atoms with Gasteiger partial charge in [-0.05, 0) is 43.9 Å². The number of rotatable bonds is 4. The lowest BCUT2D eigenvalue weighted by atomic mass is 9.89. The summed E-state index contributed by atoms with van der Waals surface area (Å²) in [6.07, 6.45) is 6.76. The summed E-state index contributed by atoms with van der Waals surface area (Å²) in [7, 11) is 2.10. The fraction of sp³-hybridized carbons (Fsp3) is 0.562. The number of hydrogen-bond acceptors (Lipinski definition) is 2. The third kappa shape index (κ3) is 3.82. The molecule has 0 amide bonds. The van der Waals surface area contributed by atoms with Crippen molar-refractivity contribution in [2.75, 3.05) is 18.5 Å². The smallest absolute Gasteiger partial charge is 0.161 e. The molecule has 1 aliphatic carbocycles. The lowest BCUT2D eigenvalue weighted by Gasteiger charge is -2.29. The van der Waals surface area contributed by atoms with Crippen LogP contribution in [0.1, 0.15) is 49.4 Å². The first-order valence-electron chi connectivity index (χ1n) is 7.09. The van der Waals surface area contributed by atoms with Gasteiger partial charge in [0.05, 0.1) is 0 Å². The van der Waals surface area contributed by atoms with Gasteiger partial charge in [-0.15, -0.1) is 0 Å². The van der Waals surface area contributed by atoms with Crippen LogP contribution in [0.25, 0.3) is 0 Å². The first-order valence-corrected chi connectivity index (χ1v) is 7.89. The predicted molar refractivity (Wildman–Crippen MR) is 84.0 cm³/mol. The van der Waals surface area contributed by atoms with Crippen LogP contribution in [-0.4, -0.2) is 19.4 Å². The largest absolute Gasteiger partial charge is 0.374 e. The Hall–Kier alpha value is -0.830. The number of Topliss-reactive ketones (excluding diaryl/α,β-unsaturated/α-hetero) is 1. The molecule has 1 aliphatic rings. The minimum atomic E-state index is 0.131. The average Bonchev–Trinajstić information content (AvgIpc) is 2.39. The fourth-order valence-corrected chi connectivity index (χ4v) is 3.34. The van der Waals surface area contributed by atoms with Crippen LogP contribution in [0.3, 0.4) is 0 Å². The maximum Gasteiger partial charge on any atom is 0.161 e. The number of halogens is 1. The van der Waals surface area contributed by atoms with Crippen molar-refractivity contribution in [2.45, 2.75) is 39.0 Å². The number of carbonyl (C=O) groups is 1. The topological polar surface area (TPSA) is 20.3 Å². The SMILES string of the molecule is CC(=O)c1cc(Br)ccc1N(C)CC1CCCCC1. The second-order valence-electron chi connectivity index (χ2n) is 5.60. The number of nitrogens with zero attached hydrogens (tertiary/aromatic N) is 1. The van der Waals surface area contributed by atoms with Crippen LogP contribution in [0.4, 0.5) is 5.69 Å². The van der Waals surface area contributed by atoms with Gasteiger partial charge in [0.25, 0.3) is 0 Å². The molecule has 1 saturated carbocycles. The van der Waals surface area contributed by atoms with Gasteiger partial charge in [0, 0.05) is 29.3 Å². The molecule has 0 heterocycles. The van der Waals surface area contributed by atoms with Crippen molar-refractivity contribution in [3.8, 4) is 0 Å². The van der Waals surface area contributed by atoms with E-state index < -0.39 is 0 Å². The van der Waals surface area contributed by atoms with E-state index in [4.69, 9.17) is 0 Å². The standard InChI is InChI=1S/C16H22BrNO/c1-12(19)15-10-14(17)8-9-16(15)18(2)11-13-6-4-3-5-7-13/h8-10,13H,3-7,11H2,1-2H3. The molecule has 1 aromatic rings. The minimum Gasteiger partial charge on any atom is -0.374 e. The molecule has 1 aromatic carbocycles. The van der Waals surface area contributed by atoms with Crippen molar-refractivity contribution < 1.29 is 4.79 Å². The molecule has 104 valence electrons. The Bertz CT molecular complexity index is 452. The van der Waals surface area contributed by atoms with Gasteiger partial charge < -0.3 is 4.90 Å². The zero-order valence-electron chi connectivity index (χ0n) is 11.8. The summed E-state index contributed by atoms with van der Waals surface area (Å²) in [5, 5.41) is 0. The predicted octanol–water partition coefficient (Wildman–Crippen LogP) is 4.67. The number of benzene rings is 1. The summed E-state index contributed by atoms with van der Waals surface area (Å²) in [6.45, 7) is 2.70. The van der Waals surface area contributed by atoms with E-state index in [9.17, 15) is 4.79 Å². The Labute approximate surface area is 124 Å². The maximum absolute atomic E-state index is 11.8. The van der Waals surface area contributed by atoms with Gasteiger partial charge >= 0.3 is 0 Å². The van der Waals surface area contributed by atoms with E-state index in [2.05, 4.69) is 27.9 Å². The summed E-state index contributed by atoms with van der Waals surface area (Å²) >= 11 is 3.44. The third-order valence-corrected chi connectivity index (χ3v) is 4.50. The maximum atomic E-state index is 11.8. The number of carbonyl (C=O) groups excluding carboxylic acids is 1. The van der Waals surface area contributed by atoms with E-state index in [-0.39, 0.29) is 5.78 Å². The average molecular weight is 324 g/mol. The van der Waals surface area contributed by atoms with Crippen molar-refractivity contribution >= 4 is 27.4 Å². The third-order valence-electron chi connectivity index (χ3n) is 4.01. The van der Waals surface area contributed by atoms with E-state index in [0.29, 0.717) is 0 Å². The van der Waals surface area contributed by atoms with Crippen LogP contribution in [-0.2, 0) is 0 Å². The van der Waals surface area contributed by atoms with Gasteiger partial charge in [0.1, 0.15) is 0 Å². The molecule has 0 radical (unpaired) electrons. The highest BCUT2D eigenvalue weighted by atomic mass is 79.9. The van der Waals surface area contributed by atoms with Crippen LogP contribution >= 0.6 is 15.9 Å². The highest BCUT2D eigenvalue weighted by Crippen LogP contribution is 2.28. The molecule has 19 heavy (non-hydrogen) atoms. The van der Waals surface area contributed by atoms with Gasteiger partial charge in [-0.2, -0.15) is 0 Å². The zero-order chi connectivity index (χ0) is 13.8. The molecule has 0 spiro atoms. The highest BCUT2D eigenvalue weighted by Gasteiger charge is 2.18. The van der Waals surface area contributed by atoms with E-state index in [1.165, 1.54) is 32.1 Å². The summed E-state index contributed by atoms with van der Waals surface area (Å²) in [6, 6.07) is 5.98. The summed E-state index contributed by atoms with van der Waals surface area (Å²) in [4.78, 5) is 14.0. The van der Waals surface area contributed by atoms with Gasteiger partial charge in [-0.1, -0.05) is 35.2 Å². The minimum absolute atomic E-state index is 0.131. The van der Waals surface area contributed by atoms with Gasteiger partial charge in [0.15, 0.2) is 5.78 Å². The van der Waals surface area contributed by atoms with Crippen LogP contribution in [0, 0.1) is 5.92 Å². The zero-order valence-corrected chi connectivity index (χ0v) is 13.4. The number of hydrogen-bond donors (Lipinski definition) is 0. The molecular weight excluding hydrogens is 302 g/mol. The molecule has 1 fully saturated rings. The second kappa shape index (κ2) is 6.56. The molecule has 2 nitrogen and oxygen atoms in total. The Kier molecular flexibility index (Phi) is 5.03. The van der Waals surface area contributed by atoms with Gasteiger partial charge in [-0.3, -0.25) is 4.79 Å². The van der Waals surface area contributed by atoms with Crippen molar-refractivity contribution in [1.82, 2.24) is 0 Å². The van der Waals surface area contributed by atoms with E-state index in [0.717, 1.165) is 28.2 Å². The second-order valence-corrected chi connectivity index (χ2v) is 6.52. The van der Waals surface area contributed by atoms with Gasteiger partial charge in [0.2, 0.25) is 0 Å². The first kappa shape index (κ1) is 14.6. The van der Waals surface area contributed by atoms with E-state index in [1.54, 1.807) is 6.92 Å². The number of anilines is 1. The summed E-state index contributed by atoms with van der Waals surface area (Å²) in [5.41, 5.74) is 1.87. The monoisotopic (exact) mass is 323 g/mol. The van der Waals surface area contributed by atoms with Crippen molar-refractivity contribution in [1.29, 1.82) is 0 Å². The van der Waals surface area contributed by atoms with E-state index >= 15 is 0 Å². The number of ketones is 1. The molecule has 0 atom stereocenters. The molecule has 0 unspecified atom stereocenters. The summed E-state index contributed by atoms with van der Waals surface area (Å²) < 4.78 is 0.965. The molecular formula is C16H22BrNO. The van der Waals surface area contributed by atoms with Crippen molar-refractivity contribution in [3.05, 3.63) is 28.2 Å². The van der Waals surface area contributed by atoms with Crippen molar-refractivity contribution in [3.63, 3.8) is 0 Å². The lowest BCUT2D eigenvalue weighted by molar-refractivity contribution is 0.101. The lowest BCUT2D eigenvalue weighted by Crippen LogP contribution is -2.28. The first-order chi connectivity index (χ1) is 9.08. The Balaban J connectivity index is 2.13. The Morgan fingerprint density at radius 1 is 1.32 bits per heavy atom.